The summed E-state index contributed by atoms with van der Waals surface area (Å²) >= 11 is 6.27. The highest BCUT2D eigenvalue weighted by molar-refractivity contribution is 6.31. The lowest BCUT2D eigenvalue weighted by molar-refractivity contribution is -0.118. The number of halogens is 1. The van der Waals surface area contributed by atoms with E-state index in [1.54, 1.807) is 0 Å². The van der Waals surface area contributed by atoms with E-state index in [1.807, 2.05) is 48.5 Å². The SMILES string of the molecule is CC1(C)CC(=O)C2=C(C1)N=C1c3ccccc3C(=O)C1C2c1cccc(Cl)c1. The molecule has 0 saturated carbocycles. The number of Topliss-reactive ketones (excluding diaryl/α,β-unsaturated/α-hetero) is 2. The van der Waals surface area contributed by atoms with E-state index in [-0.39, 0.29) is 22.9 Å². The summed E-state index contributed by atoms with van der Waals surface area (Å²) in [6.07, 6.45) is 1.21. The minimum absolute atomic E-state index is 0.0449. The van der Waals surface area contributed by atoms with E-state index in [1.165, 1.54) is 0 Å². The molecule has 2 unspecified atom stereocenters. The highest BCUT2D eigenvalue weighted by Gasteiger charge is 2.50. The average Bonchev–Trinajstić information content (AvgIpc) is 2.92. The third-order valence-electron chi connectivity index (χ3n) is 6.05. The van der Waals surface area contributed by atoms with Gasteiger partial charge in [0.1, 0.15) is 0 Å². The summed E-state index contributed by atoms with van der Waals surface area (Å²) in [5, 5.41) is 0.607. The number of allylic oxidation sites excluding steroid dienone is 2. The molecule has 140 valence electrons. The van der Waals surface area contributed by atoms with Crippen LogP contribution in [-0.2, 0) is 4.79 Å². The second-order valence-corrected chi connectivity index (χ2v) is 9.15. The predicted octanol–water partition coefficient (Wildman–Crippen LogP) is 5.38. The zero-order valence-electron chi connectivity index (χ0n) is 15.8. The van der Waals surface area contributed by atoms with Crippen molar-refractivity contribution in [1.29, 1.82) is 0 Å². The lowest BCUT2D eigenvalue weighted by Gasteiger charge is -2.38. The van der Waals surface area contributed by atoms with Crippen molar-refractivity contribution in [2.24, 2.45) is 16.3 Å². The number of hydrogen-bond donors (Lipinski definition) is 0. The molecule has 0 amide bonds. The molecule has 0 aromatic heterocycles. The van der Waals surface area contributed by atoms with Gasteiger partial charge in [-0.25, -0.2) is 0 Å². The maximum Gasteiger partial charge on any atom is 0.173 e. The van der Waals surface area contributed by atoms with Crippen LogP contribution in [0.5, 0.6) is 0 Å². The van der Waals surface area contributed by atoms with Crippen LogP contribution < -0.4 is 0 Å². The zero-order valence-corrected chi connectivity index (χ0v) is 16.6. The number of aliphatic imine (C=N–C) groups is 1. The van der Waals surface area contributed by atoms with Crippen molar-refractivity contribution in [3.8, 4) is 0 Å². The zero-order chi connectivity index (χ0) is 19.6. The maximum absolute atomic E-state index is 13.4. The predicted molar refractivity (Wildman–Crippen MR) is 110 cm³/mol. The van der Waals surface area contributed by atoms with E-state index >= 15 is 0 Å². The van der Waals surface area contributed by atoms with Crippen molar-refractivity contribution in [3.63, 3.8) is 0 Å². The topological polar surface area (TPSA) is 46.5 Å². The van der Waals surface area contributed by atoms with Gasteiger partial charge < -0.3 is 0 Å². The first kappa shape index (κ1) is 17.6. The largest absolute Gasteiger partial charge is 0.294 e. The van der Waals surface area contributed by atoms with E-state index in [0.29, 0.717) is 22.6 Å². The molecule has 1 heterocycles. The molecule has 4 heteroatoms. The molecule has 0 fully saturated rings. The van der Waals surface area contributed by atoms with Crippen LogP contribution in [0.2, 0.25) is 5.02 Å². The maximum atomic E-state index is 13.4. The number of carbonyl (C=O) groups is 2. The van der Waals surface area contributed by atoms with E-state index < -0.39 is 5.92 Å². The Balaban J connectivity index is 1.78. The van der Waals surface area contributed by atoms with Gasteiger partial charge in [-0.15, -0.1) is 0 Å². The van der Waals surface area contributed by atoms with Crippen LogP contribution in [0.25, 0.3) is 0 Å². The fourth-order valence-corrected chi connectivity index (χ4v) is 5.14. The van der Waals surface area contributed by atoms with Crippen LogP contribution in [0.1, 0.15) is 54.1 Å². The minimum Gasteiger partial charge on any atom is -0.294 e. The summed E-state index contributed by atoms with van der Waals surface area (Å²) in [4.78, 5) is 31.5. The van der Waals surface area contributed by atoms with Crippen molar-refractivity contribution < 1.29 is 9.59 Å². The van der Waals surface area contributed by atoms with E-state index in [2.05, 4.69) is 13.8 Å². The van der Waals surface area contributed by atoms with E-state index in [0.717, 1.165) is 29.0 Å². The second kappa shape index (κ2) is 5.99. The monoisotopic (exact) mass is 389 g/mol. The fraction of sp³-hybridized carbons (Fsp3) is 0.292. The molecule has 2 aliphatic carbocycles. The smallest absolute Gasteiger partial charge is 0.173 e. The first-order valence-electron chi connectivity index (χ1n) is 9.60. The molecule has 28 heavy (non-hydrogen) atoms. The number of benzene rings is 2. The lowest BCUT2D eigenvalue weighted by Crippen LogP contribution is -2.37. The van der Waals surface area contributed by atoms with Crippen molar-refractivity contribution in [2.75, 3.05) is 0 Å². The van der Waals surface area contributed by atoms with Crippen LogP contribution in [-0.4, -0.2) is 17.3 Å². The highest BCUT2D eigenvalue weighted by atomic mass is 35.5. The second-order valence-electron chi connectivity index (χ2n) is 8.72. The Morgan fingerprint density at radius 2 is 1.71 bits per heavy atom. The number of nitrogens with zero attached hydrogens (tertiary/aromatic N) is 1. The Labute approximate surface area is 169 Å². The summed E-state index contributed by atoms with van der Waals surface area (Å²) in [5.74, 6) is -0.643. The number of hydrogen-bond acceptors (Lipinski definition) is 3. The molecule has 3 aliphatic rings. The standard InChI is InChI=1S/C24H20ClNO2/c1-24(2)11-17-20(18(27)12-24)19(13-6-5-7-14(25)10-13)21-22(26-17)15-8-3-4-9-16(15)23(21)28/h3-10,19,21H,11-12H2,1-2H3. The summed E-state index contributed by atoms with van der Waals surface area (Å²) in [6.45, 7) is 4.20. The molecule has 3 nitrogen and oxygen atoms in total. The van der Waals surface area contributed by atoms with Gasteiger partial charge in [-0.1, -0.05) is 61.8 Å². The summed E-state index contributed by atoms with van der Waals surface area (Å²) in [5.41, 5.74) is 4.71. The molecule has 0 spiro atoms. The van der Waals surface area contributed by atoms with Crippen molar-refractivity contribution >= 4 is 28.9 Å². The van der Waals surface area contributed by atoms with E-state index in [9.17, 15) is 9.59 Å². The molecule has 5 rings (SSSR count). The number of fused-ring (bicyclic) bond motifs is 3. The molecule has 2 aromatic rings. The average molecular weight is 390 g/mol. The normalized spacial score (nSPS) is 25.2. The Morgan fingerprint density at radius 1 is 0.964 bits per heavy atom. The molecule has 2 aromatic carbocycles. The quantitative estimate of drug-likeness (QED) is 0.657. The molecule has 0 bridgehead atoms. The van der Waals surface area contributed by atoms with Gasteiger partial charge in [-0.05, 0) is 29.5 Å². The third-order valence-corrected chi connectivity index (χ3v) is 6.28. The Morgan fingerprint density at radius 3 is 2.46 bits per heavy atom. The van der Waals surface area contributed by atoms with Crippen molar-refractivity contribution in [2.45, 2.75) is 32.6 Å². The molecule has 2 atom stereocenters. The first-order chi connectivity index (χ1) is 13.4. The number of ketones is 2. The van der Waals surface area contributed by atoms with Crippen molar-refractivity contribution in [1.82, 2.24) is 0 Å². The van der Waals surface area contributed by atoms with Crippen LogP contribution in [0.15, 0.2) is 64.8 Å². The van der Waals surface area contributed by atoms with Gasteiger partial charge in [0.15, 0.2) is 11.6 Å². The van der Waals surface area contributed by atoms with Gasteiger partial charge >= 0.3 is 0 Å². The number of rotatable bonds is 1. The van der Waals surface area contributed by atoms with Gasteiger partial charge in [0.25, 0.3) is 0 Å². The Hall–Kier alpha value is -2.52. The summed E-state index contributed by atoms with van der Waals surface area (Å²) in [7, 11) is 0. The van der Waals surface area contributed by atoms with Gasteiger partial charge in [-0.2, -0.15) is 0 Å². The van der Waals surface area contributed by atoms with Gasteiger partial charge in [-0.3, -0.25) is 14.6 Å². The van der Waals surface area contributed by atoms with Crippen LogP contribution in [0.4, 0.5) is 0 Å². The molecule has 0 radical (unpaired) electrons. The van der Waals surface area contributed by atoms with E-state index in [4.69, 9.17) is 16.6 Å². The van der Waals surface area contributed by atoms with Crippen LogP contribution >= 0.6 is 11.6 Å². The molecular formula is C24H20ClNO2. The molecule has 1 aliphatic heterocycles. The Bertz CT molecular complexity index is 1110. The summed E-state index contributed by atoms with van der Waals surface area (Å²) in [6, 6.07) is 15.2. The van der Waals surface area contributed by atoms with Gasteiger partial charge in [0, 0.05) is 39.8 Å². The lowest BCUT2D eigenvalue weighted by atomic mass is 9.66. The van der Waals surface area contributed by atoms with Gasteiger partial charge in [0.05, 0.1) is 11.6 Å². The molecule has 0 N–H and O–H groups in total. The fourth-order valence-electron chi connectivity index (χ4n) is 4.95. The number of carbonyl (C=O) groups excluding carboxylic acids is 2. The highest BCUT2D eigenvalue weighted by Crippen LogP contribution is 2.51. The minimum atomic E-state index is -0.459. The molecular weight excluding hydrogens is 370 g/mol. The third kappa shape index (κ3) is 2.53. The van der Waals surface area contributed by atoms with Gasteiger partial charge in [0.2, 0.25) is 0 Å². The summed E-state index contributed by atoms with van der Waals surface area (Å²) < 4.78 is 0. The van der Waals surface area contributed by atoms with Crippen LogP contribution in [0, 0.1) is 11.3 Å². The van der Waals surface area contributed by atoms with Crippen molar-refractivity contribution in [3.05, 3.63) is 81.5 Å². The molecule has 0 saturated heterocycles. The first-order valence-corrected chi connectivity index (χ1v) is 9.97. The van der Waals surface area contributed by atoms with Crippen LogP contribution in [0.3, 0.4) is 0 Å². The Kier molecular flexibility index (Phi) is 3.76.